The van der Waals surface area contributed by atoms with E-state index in [2.05, 4.69) is 11.4 Å². The third-order valence-corrected chi connectivity index (χ3v) is 0.881. The molecule has 0 saturated carbocycles. The van der Waals surface area contributed by atoms with Gasteiger partial charge in [-0.3, -0.25) is 0 Å². The summed E-state index contributed by atoms with van der Waals surface area (Å²) in [6, 6.07) is 0. The van der Waals surface area contributed by atoms with Crippen LogP contribution >= 0.6 is 0 Å². The Balaban J connectivity index is 3.39. The Morgan fingerprint density at radius 3 is 2.88 bits per heavy atom. The standard InChI is InChI=1S/C6H10N2/c1-3-4-5-6(2)8-7/h3H,1,4-5H2,2H3. The van der Waals surface area contributed by atoms with Crippen molar-refractivity contribution >= 4 is 5.71 Å². The van der Waals surface area contributed by atoms with Crippen molar-refractivity contribution in [3.05, 3.63) is 18.2 Å². The van der Waals surface area contributed by atoms with E-state index in [-0.39, 0.29) is 0 Å². The Hall–Kier alpha value is -0.880. The number of hydrogen-bond donors (Lipinski definition) is 0. The Kier molecular flexibility index (Phi) is 3.81. The van der Waals surface area contributed by atoms with E-state index in [1.807, 2.05) is 0 Å². The average molecular weight is 110 g/mol. The Bertz CT molecular complexity index is 120. The van der Waals surface area contributed by atoms with Gasteiger partial charge in [-0.05, 0) is 6.42 Å². The monoisotopic (exact) mass is 110 g/mol. The summed E-state index contributed by atoms with van der Waals surface area (Å²) in [5, 5.41) is 0. The molecule has 0 N–H and O–H groups in total. The van der Waals surface area contributed by atoms with E-state index in [4.69, 9.17) is 5.53 Å². The number of nitrogens with zero attached hydrogens (tertiary/aromatic N) is 2. The normalized spacial score (nSPS) is 7.62. The van der Waals surface area contributed by atoms with Crippen molar-refractivity contribution in [2.45, 2.75) is 19.8 Å². The molecule has 0 heterocycles. The fourth-order valence-electron chi connectivity index (χ4n) is 0.361. The van der Waals surface area contributed by atoms with Crippen LogP contribution in [0.3, 0.4) is 0 Å². The van der Waals surface area contributed by atoms with Gasteiger partial charge < -0.3 is 5.53 Å². The van der Waals surface area contributed by atoms with E-state index < -0.39 is 0 Å². The molecule has 0 aliphatic rings. The summed E-state index contributed by atoms with van der Waals surface area (Å²) >= 11 is 0. The minimum atomic E-state index is 0.755. The fourth-order valence-corrected chi connectivity index (χ4v) is 0.361. The molecular formula is C6H10N2. The van der Waals surface area contributed by atoms with Crippen molar-refractivity contribution < 1.29 is 4.79 Å². The summed E-state index contributed by atoms with van der Waals surface area (Å²) in [6.07, 6.45) is 3.49. The number of rotatable bonds is 3. The topological polar surface area (TPSA) is 36.4 Å². The molecule has 0 aliphatic heterocycles. The molecule has 0 unspecified atom stereocenters. The zero-order valence-electron chi connectivity index (χ0n) is 5.09. The van der Waals surface area contributed by atoms with Crippen LogP contribution in [-0.4, -0.2) is 10.5 Å². The molecule has 0 aromatic rings. The predicted molar refractivity (Wildman–Crippen MR) is 33.7 cm³/mol. The van der Waals surface area contributed by atoms with E-state index in [1.54, 1.807) is 13.0 Å². The van der Waals surface area contributed by atoms with Crippen LogP contribution in [-0.2, 0) is 0 Å². The van der Waals surface area contributed by atoms with Crippen LogP contribution in [0.2, 0.25) is 0 Å². The second-order valence-electron chi connectivity index (χ2n) is 1.66. The number of allylic oxidation sites excluding steroid dienone is 1. The van der Waals surface area contributed by atoms with Crippen LogP contribution in [0.4, 0.5) is 0 Å². The predicted octanol–water partition coefficient (Wildman–Crippen LogP) is 1.64. The maximum atomic E-state index is 8.12. The maximum absolute atomic E-state index is 8.12. The molecule has 0 aromatic heterocycles. The van der Waals surface area contributed by atoms with E-state index in [1.165, 1.54) is 0 Å². The maximum Gasteiger partial charge on any atom is 0.266 e. The van der Waals surface area contributed by atoms with E-state index in [0.29, 0.717) is 0 Å². The van der Waals surface area contributed by atoms with E-state index in [9.17, 15) is 0 Å². The minimum Gasteiger partial charge on any atom is -0.362 e. The lowest BCUT2D eigenvalue weighted by Crippen LogP contribution is -1.89. The van der Waals surface area contributed by atoms with Crippen LogP contribution in [0.15, 0.2) is 12.7 Å². The molecule has 0 aliphatic carbocycles. The summed E-state index contributed by atoms with van der Waals surface area (Å²) in [4.78, 5) is 2.99. The van der Waals surface area contributed by atoms with Crippen molar-refractivity contribution in [3.8, 4) is 0 Å². The van der Waals surface area contributed by atoms with Crippen LogP contribution in [0.25, 0.3) is 5.53 Å². The van der Waals surface area contributed by atoms with Crippen LogP contribution in [0, 0.1) is 0 Å². The van der Waals surface area contributed by atoms with Crippen molar-refractivity contribution in [2.75, 3.05) is 0 Å². The molecule has 0 rings (SSSR count). The van der Waals surface area contributed by atoms with Gasteiger partial charge in [0.05, 0.1) is 0 Å². The van der Waals surface area contributed by atoms with Gasteiger partial charge in [-0.1, -0.05) is 6.08 Å². The summed E-state index contributed by atoms with van der Waals surface area (Å²) in [6.45, 7) is 5.31. The van der Waals surface area contributed by atoms with Crippen LogP contribution in [0.5, 0.6) is 0 Å². The highest BCUT2D eigenvalue weighted by molar-refractivity contribution is 5.76. The smallest absolute Gasteiger partial charge is 0.266 e. The molecule has 0 bridgehead atoms. The zero-order chi connectivity index (χ0) is 6.41. The van der Waals surface area contributed by atoms with Gasteiger partial charge in [-0.25, -0.2) is 0 Å². The molecule has 0 radical (unpaired) electrons. The van der Waals surface area contributed by atoms with Gasteiger partial charge in [0.25, 0.3) is 5.71 Å². The molecular weight excluding hydrogens is 100 g/mol. The first kappa shape index (κ1) is 7.12. The van der Waals surface area contributed by atoms with Crippen molar-refractivity contribution in [2.24, 2.45) is 0 Å². The summed E-state index contributed by atoms with van der Waals surface area (Å²) < 4.78 is 0. The molecule has 2 nitrogen and oxygen atoms in total. The third-order valence-electron chi connectivity index (χ3n) is 0.881. The molecule has 0 fully saturated rings. The largest absolute Gasteiger partial charge is 0.362 e. The lowest BCUT2D eigenvalue weighted by Gasteiger charge is -1.79. The molecule has 0 amide bonds. The first-order valence-electron chi connectivity index (χ1n) is 2.59. The second-order valence-corrected chi connectivity index (χ2v) is 1.66. The van der Waals surface area contributed by atoms with E-state index >= 15 is 0 Å². The van der Waals surface area contributed by atoms with Gasteiger partial charge in [0.2, 0.25) is 0 Å². The van der Waals surface area contributed by atoms with Gasteiger partial charge in [-0.2, -0.15) is 4.79 Å². The summed E-state index contributed by atoms with van der Waals surface area (Å²) in [5.74, 6) is 0. The summed E-state index contributed by atoms with van der Waals surface area (Å²) in [7, 11) is 0. The molecule has 0 saturated heterocycles. The Morgan fingerprint density at radius 2 is 2.50 bits per heavy atom. The highest BCUT2D eigenvalue weighted by Crippen LogP contribution is 1.88. The highest BCUT2D eigenvalue weighted by atomic mass is 14.8. The molecule has 0 aromatic carbocycles. The second kappa shape index (κ2) is 4.28. The first-order valence-corrected chi connectivity index (χ1v) is 2.59. The lowest BCUT2D eigenvalue weighted by molar-refractivity contribution is -0.00878. The van der Waals surface area contributed by atoms with Crippen molar-refractivity contribution in [1.29, 1.82) is 0 Å². The highest BCUT2D eigenvalue weighted by Gasteiger charge is 1.93. The van der Waals surface area contributed by atoms with Gasteiger partial charge in [0.15, 0.2) is 0 Å². The fraction of sp³-hybridized carbons (Fsp3) is 0.500. The molecule has 8 heavy (non-hydrogen) atoms. The van der Waals surface area contributed by atoms with Crippen LogP contribution < -0.4 is 0 Å². The Labute approximate surface area is 49.5 Å². The van der Waals surface area contributed by atoms with Crippen molar-refractivity contribution in [1.82, 2.24) is 0 Å². The number of hydrogen-bond acceptors (Lipinski definition) is 0. The first-order chi connectivity index (χ1) is 3.81. The SMILES string of the molecule is C=CCCC(C)=[N+]=[N-]. The molecule has 2 heteroatoms. The lowest BCUT2D eigenvalue weighted by atomic mass is 10.2. The van der Waals surface area contributed by atoms with Gasteiger partial charge in [0, 0.05) is 13.3 Å². The van der Waals surface area contributed by atoms with Crippen molar-refractivity contribution in [3.63, 3.8) is 0 Å². The van der Waals surface area contributed by atoms with Gasteiger partial charge >= 0.3 is 0 Å². The average Bonchev–Trinajstić information content (AvgIpc) is 1.83. The quantitative estimate of drug-likeness (QED) is 0.229. The minimum absolute atomic E-state index is 0.755. The van der Waals surface area contributed by atoms with Gasteiger partial charge in [-0.15, -0.1) is 6.58 Å². The summed E-state index contributed by atoms with van der Waals surface area (Å²) in [5.41, 5.74) is 8.87. The molecule has 0 atom stereocenters. The van der Waals surface area contributed by atoms with Gasteiger partial charge in [0.1, 0.15) is 0 Å². The van der Waals surface area contributed by atoms with Crippen LogP contribution in [0.1, 0.15) is 19.8 Å². The van der Waals surface area contributed by atoms with E-state index in [0.717, 1.165) is 18.6 Å². The Morgan fingerprint density at radius 1 is 1.88 bits per heavy atom. The zero-order valence-corrected chi connectivity index (χ0v) is 5.09. The molecule has 0 spiro atoms. The molecule has 44 valence electrons. The third kappa shape index (κ3) is 3.32.